The number of aliphatic carboxylic acids is 1. The summed E-state index contributed by atoms with van der Waals surface area (Å²) >= 11 is 0. The number of nitrogens with one attached hydrogen (secondary N) is 1. The van der Waals surface area contributed by atoms with Crippen molar-refractivity contribution in [2.75, 3.05) is 20.6 Å². The minimum atomic E-state index is -3.67. The van der Waals surface area contributed by atoms with Crippen LogP contribution in [0.25, 0.3) is 0 Å². The lowest BCUT2D eigenvalue weighted by Gasteiger charge is -2.23. The first-order chi connectivity index (χ1) is 8.34. The van der Waals surface area contributed by atoms with Gasteiger partial charge in [0.05, 0.1) is 13.0 Å². The molecule has 1 aromatic heterocycles. The zero-order chi connectivity index (χ0) is 13.8. The van der Waals surface area contributed by atoms with E-state index in [4.69, 9.17) is 5.11 Å². The number of carbonyl (C=O) groups is 1. The summed E-state index contributed by atoms with van der Waals surface area (Å²) in [6, 6.07) is 0. The molecule has 0 aromatic carbocycles. The average Bonchev–Trinajstić information content (AvgIpc) is 2.78. The number of carboxylic acid groups (broad SMARTS) is 1. The second-order valence-electron chi connectivity index (χ2n) is 3.76. The molecule has 2 N–H and O–H groups in total. The lowest BCUT2D eigenvalue weighted by atomic mass is 10.4. The Bertz CT molecular complexity index is 485. The van der Waals surface area contributed by atoms with Crippen molar-refractivity contribution in [3.8, 4) is 0 Å². The van der Waals surface area contributed by atoms with Gasteiger partial charge in [0.25, 0.3) is 10.2 Å². The van der Waals surface area contributed by atoms with Crippen molar-refractivity contribution in [1.29, 1.82) is 0 Å². The molecule has 1 rings (SSSR count). The SMILES string of the molecule is CN(CCC(=O)O)S(=O)(=O)N(C)Cc1ncc[nH]1. The molecule has 0 aliphatic heterocycles. The van der Waals surface area contributed by atoms with Crippen molar-refractivity contribution < 1.29 is 18.3 Å². The van der Waals surface area contributed by atoms with E-state index in [0.717, 1.165) is 8.61 Å². The molecule has 0 aliphatic carbocycles. The van der Waals surface area contributed by atoms with Crippen LogP contribution in [0.15, 0.2) is 12.4 Å². The van der Waals surface area contributed by atoms with Crippen LogP contribution in [-0.2, 0) is 21.5 Å². The van der Waals surface area contributed by atoms with Gasteiger partial charge in [0, 0.05) is 33.0 Å². The number of aromatic nitrogens is 2. The Morgan fingerprint density at radius 3 is 2.61 bits per heavy atom. The second kappa shape index (κ2) is 5.94. The normalized spacial score (nSPS) is 12.2. The van der Waals surface area contributed by atoms with E-state index >= 15 is 0 Å². The largest absolute Gasteiger partial charge is 0.481 e. The Hall–Kier alpha value is -1.45. The summed E-state index contributed by atoms with van der Waals surface area (Å²) in [6.45, 7) is 0.0346. The molecular formula is C9H16N4O4S. The van der Waals surface area contributed by atoms with Gasteiger partial charge in [-0.15, -0.1) is 0 Å². The Morgan fingerprint density at radius 1 is 1.44 bits per heavy atom. The van der Waals surface area contributed by atoms with Gasteiger partial charge in [-0.25, -0.2) is 4.98 Å². The van der Waals surface area contributed by atoms with Crippen molar-refractivity contribution >= 4 is 16.2 Å². The van der Waals surface area contributed by atoms with E-state index in [-0.39, 0.29) is 19.5 Å². The van der Waals surface area contributed by atoms with Crippen LogP contribution >= 0.6 is 0 Å². The Kier molecular flexibility index (Phi) is 4.82. The fourth-order valence-electron chi connectivity index (χ4n) is 1.28. The highest BCUT2D eigenvalue weighted by Crippen LogP contribution is 2.07. The van der Waals surface area contributed by atoms with Crippen LogP contribution in [0.5, 0.6) is 0 Å². The van der Waals surface area contributed by atoms with Gasteiger partial charge in [0.1, 0.15) is 5.82 Å². The summed E-state index contributed by atoms with van der Waals surface area (Å²) in [7, 11) is -0.911. The molecule has 0 fully saturated rings. The standard InChI is InChI=1S/C9H16N4O4S/c1-12(6-3-9(14)15)18(16,17)13(2)7-8-10-4-5-11-8/h4-5H,3,6-7H2,1-2H3,(H,10,11)(H,14,15). The lowest BCUT2D eigenvalue weighted by Crippen LogP contribution is -2.40. The van der Waals surface area contributed by atoms with E-state index in [1.54, 1.807) is 6.20 Å². The fourth-order valence-corrected chi connectivity index (χ4v) is 2.37. The Labute approximate surface area is 105 Å². The molecule has 102 valence electrons. The van der Waals surface area contributed by atoms with Crippen LogP contribution in [-0.4, -0.2) is 58.7 Å². The van der Waals surface area contributed by atoms with Crippen LogP contribution in [0.3, 0.4) is 0 Å². The summed E-state index contributed by atoms with van der Waals surface area (Å²) in [5, 5.41) is 8.52. The van der Waals surface area contributed by atoms with Crippen molar-refractivity contribution in [2.45, 2.75) is 13.0 Å². The van der Waals surface area contributed by atoms with Crippen molar-refractivity contribution in [1.82, 2.24) is 18.6 Å². The lowest BCUT2D eigenvalue weighted by molar-refractivity contribution is -0.137. The van der Waals surface area contributed by atoms with Gasteiger partial charge in [0.2, 0.25) is 0 Å². The maximum atomic E-state index is 12.0. The molecular weight excluding hydrogens is 260 g/mol. The molecule has 1 aromatic rings. The summed E-state index contributed by atoms with van der Waals surface area (Å²) < 4.78 is 26.1. The second-order valence-corrected chi connectivity index (χ2v) is 5.91. The number of hydrogen-bond donors (Lipinski definition) is 2. The molecule has 9 heteroatoms. The highest BCUT2D eigenvalue weighted by atomic mass is 32.2. The Morgan fingerprint density at radius 2 is 2.11 bits per heavy atom. The smallest absolute Gasteiger partial charge is 0.304 e. The molecule has 0 saturated heterocycles. The van der Waals surface area contributed by atoms with E-state index in [1.165, 1.54) is 20.3 Å². The minimum Gasteiger partial charge on any atom is -0.481 e. The predicted molar refractivity (Wildman–Crippen MR) is 63.9 cm³/mol. The summed E-state index contributed by atoms with van der Waals surface area (Å²) in [5.74, 6) is -0.515. The summed E-state index contributed by atoms with van der Waals surface area (Å²) in [4.78, 5) is 17.1. The van der Waals surface area contributed by atoms with Gasteiger partial charge in [-0.2, -0.15) is 17.0 Å². The van der Waals surface area contributed by atoms with Crippen LogP contribution in [0, 0.1) is 0 Å². The molecule has 0 saturated carbocycles. The first-order valence-corrected chi connectivity index (χ1v) is 6.61. The molecule has 0 bridgehead atoms. The monoisotopic (exact) mass is 276 g/mol. The molecule has 0 amide bonds. The van der Waals surface area contributed by atoms with Crippen molar-refractivity contribution in [3.05, 3.63) is 18.2 Å². The van der Waals surface area contributed by atoms with Gasteiger partial charge in [0.15, 0.2) is 0 Å². The van der Waals surface area contributed by atoms with Crippen LogP contribution in [0.2, 0.25) is 0 Å². The molecule has 18 heavy (non-hydrogen) atoms. The number of carboxylic acids is 1. The zero-order valence-electron chi connectivity index (χ0n) is 10.2. The quantitative estimate of drug-likeness (QED) is 0.697. The van der Waals surface area contributed by atoms with Crippen LogP contribution in [0.1, 0.15) is 12.2 Å². The van der Waals surface area contributed by atoms with Crippen LogP contribution in [0.4, 0.5) is 0 Å². The number of H-pyrrole nitrogens is 1. The van der Waals surface area contributed by atoms with Gasteiger partial charge < -0.3 is 10.1 Å². The predicted octanol–water partition coefficient (Wildman–Crippen LogP) is -0.507. The molecule has 0 spiro atoms. The third kappa shape index (κ3) is 3.79. The van der Waals surface area contributed by atoms with E-state index in [2.05, 4.69) is 9.97 Å². The molecule has 1 heterocycles. The summed E-state index contributed by atoms with van der Waals surface area (Å²) in [5.41, 5.74) is 0. The molecule has 0 radical (unpaired) electrons. The minimum absolute atomic E-state index is 0.0693. The maximum absolute atomic E-state index is 12.0. The average molecular weight is 276 g/mol. The first-order valence-electron chi connectivity index (χ1n) is 5.21. The van der Waals surface area contributed by atoms with E-state index in [0.29, 0.717) is 5.82 Å². The molecule has 0 aliphatic rings. The van der Waals surface area contributed by atoms with Crippen molar-refractivity contribution in [3.63, 3.8) is 0 Å². The van der Waals surface area contributed by atoms with Crippen molar-refractivity contribution in [2.24, 2.45) is 0 Å². The molecule has 0 atom stereocenters. The number of nitrogens with zero attached hydrogens (tertiary/aromatic N) is 3. The van der Waals surface area contributed by atoms with E-state index in [9.17, 15) is 13.2 Å². The topological polar surface area (TPSA) is 107 Å². The third-order valence-corrected chi connectivity index (χ3v) is 4.24. The third-order valence-electron chi connectivity index (χ3n) is 2.36. The van der Waals surface area contributed by atoms with Crippen LogP contribution < -0.4 is 0 Å². The number of hydrogen-bond acceptors (Lipinski definition) is 4. The zero-order valence-corrected chi connectivity index (χ0v) is 11.0. The highest BCUT2D eigenvalue weighted by molar-refractivity contribution is 7.86. The van der Waals surface area contributed by atoms with E-state index < -0.39 is 16.2 Å². The Balaban J connectivity index is 2.64. The molecule has 8 nitrogen and oxygen atoms in total. The summed E-state index contributed by atoms with van der Waals surface area (Å²) in [6.07, 6.45) is 2.90. The highest BCUT2D eigenvalue weighted by Gasteiger charge is 2.24. The van der Waals surface area contributed by atoms with E-state index in [1.807, 2.05) is 0 Å². The number of aromatic amines is 1. The first kappa shape index (κ1) is 14.6. The maximum Gasteiger partial charge on any atom is 0.304 e. The van der Waals surface area contributed by atoms with Gasteiger partial charge in [-0.05, 0) is 0 Å². The fraction of sp³-hybridized carbons (Fsp3) is 0.556. The van der Waals surface area contributed by atoms with Gasteiger partial charge >= 0.3 is 5.97 Å². The van der Waals surface area contributed by atoms with Gasteiger partial charge in [-0.3, -0.25) is 4.79 Å². The van der Waals surface area contributed by atoms with Gasteiger partial charge in [-0.1, -0.05) is 0 Å². The number of rotatable bonds is 7. The number of imidazole rings is 1. The molecule has 0 unspecified atom stereocenters.